The van der Waals surface area contributed by atoms with Crippen molar-refractivity contribution in [2.75, 3.05) is 7.11 Å². The van der Waals surface area contributed by atoms with Crippen molar-refractivity contribution in [3.63, 3.8) is 0 Å². The number of nitrogens with zero attached hydrogens (tertiary/aromatic N) is 5. The van der Waals surface area contributed by atoms with Gasteiger partial charge in [0.1, 0.15) is 17.4 Å². The first-order valence-corrected chi connectivity index (χ1v) is 6.56. The minimum atomic E-state index is 0.115. The van der Waals surface area contributed by atoms with Crippen molar-refractivity contribution in [1.29, 1.82) is 10.5 Å². The molecule has 0 unspecified atom stereocenters. The number of fused-ring (bicyclic) bond motifs is 1. The monoisotopic (exact) mass is 289 g/mol. The Morgan fingerprint density at radius 1 is 1.18 bits per heavy atom. The lowest BCUT2D eigenvalue weighted by atomic mass is 10.0. The third kappa shape index (κ3) is 2.23. The molecule has 0 radical (unpaired) electrons. The van der Waals surface area contributed by atoms with Crippen LogP contribution in [0.15, 0.2) is 36.5 Å². The van der Waals surface area contributed by atoms with Gasteiger partial charge in [-0.05, 0) is 23.8 Å². The van der Waals surface area contributed by atoms with E-state index in [0.717, 1.165) is 16.9 Å². The van der Waals surface area contributed by atoms with Crippen LogP contribution >= 0.6 is 0 Å². The van der Waals surface area contributed by atoms with E-state index in [1.165, 1.54) is 4.52 Å². The van der Waals surface area contributed by atoms with E-state index in [0.29, 0.717) is 17.0 Å². The highest BCUT2D eigenvalue weighted by molar-refractivity contribution is 5.77. The van der Waals surface area contributed by atoms with E-state index in [1.54, 1.807) is 13.3 Å². The van der Waals surface area contributed by atoms with Gasteiger partial charge in [-0.1, -0.05) is 12.1 Å². The van der Waals surface area contributed by atoms with Crippen molar-refractivity contribution in [3.8, 4) is 29.0 Å². The minimum Gasteiger partial charge on any atom is -0.497 e. The number of rotatable bonds is 3. The van der Waals surface area contributed by atoms with Crippen LogP contribution in [0, 0.1) is 22.7 Å². The summed E-state index contributed by atoms with van der Waals surface area (Å²) in [6.45, 7) is 0. The molecule has 0 spiro atoms. The molecular formula is C16H11N5O. The molecule has 1 aromatic carbocycles. The fourth-order valence-electron chi connectivity index (χ4n) is 2.26. The van der Waals surface area contributed by atoms with Crippen LogP contribution < -0.4 is 4.74 Å². The van der Waals surface area contributed by atoms with Gasteiger partial charge in [0.25, 0.3) is 0 Å². The molecule has 106 valence electrons. The molecule has 0 aliphatic rings. The van der Waals surface area contributed by atoms with E-state index in [-0.39, 0.29) is 6.42 Å². The largest absolute Gasteiger partial charge is 0.497 e. The van der Waals surface area contributed by atoms with Gasteiger partial charge in [0.2, 0.25) is 0 Å². The molecule has 6 heteroatoms. The fraction of sp³-hybridized carbons (Fsp3) is 0.125. The number of methoxy groups -OCH3 is 1. The summed E-state index contributed by atoms with van der Waals surface area (Å²) >= 11 is 0. The SMILES string of the molecule is COc1ccc(-c2ccn3nc(CC#N)nc3c2C#N)cc1. The second-order valence-electron chi connectivity index (χ2n) is 4.58. The predicted molar refractivity (Wildman–Crippen MR) is 79.0 cm³/mol. The second kappa shape index (κ2) is 5.55. The third-order valence-electron chi connectivity index (χ3n) is 3.30. The normalized spacial score (nSPS) is 10.1. The Hall–Kier alpha value is -3.38. The smallest absolute Gasteiger partial charge is 0.173 e. The lowest BCUT2D eigenvalue weighted by Gasteiger charge is -2.06. The molecule has 2 heterocycles. The number of pyridine rings is 1. The summed E-state index contributed by atoms with van der Waals surface area (Å²) in [5.74, 6) is 1.16. The lowest BCUT2D eigenvalue weighted by Crippen LogP contribution is -1.94. The van der Waals surface area contributed by atoms with Crippen LogP contribution in [-0.4, -0.2) is 21.7 Å². The van der Waals surface area contributed by atoms with Gasteiger partial charge in [-0.3, -0.25) is 0 Å². The quantitative estimate of drug-likeness (QED) is 0.738. The number of aromatic nitrogens is 3. The Morgan fingerprint density at radius 2 is 1.95 bits per heavy atom. The van der Waals surface area contributed by atoms with Crippen LogP contribution in [0.3, 0.4) is 0 Å². The highest BCUT2D eigenvalue weighted by atomic mass is 16.5. The van der Waals surface area contributed by atoms with Gasteiger partial charge in [-0.25, -0.2) is 9.50 Å². The second-order valence-corrected chi connectivity index (χ2v) is 4.58. The Labute approximate surface area is 126 Å². The van der Waals surface area contributed by atoms with Crippen LogP contribution in [0.5, 0.6) is 5.75 Å². The maximum absolute atomic E-state index is 9.50. The van der Waals surface area contributed by atoms with Crippen molar-refractivity contribution in [3.05, 3.63) is 47.9 Å². The van der Waals surface area contributed by atoms with E-state index in [4.69, 9.17) is 10.00 Å². The Kier molecular flexibility index (Phi) is 3.43. The van der Waals surface area contributed by atoms with E-state index < -0.39 is 0 Å². The van der Waals surface area contributed by atoms with Gasteiger partial charge < -0.3 is 4.74 Å². The van der Waals surface area contributed by atoms with E-state index >= 15 is 0 Å². The first-order valence-electron chi connectivity index (χ1n) is 6.56. The van der Waals surface area contributed by atoms with Crippen LogP contribution in [0.25, 0.3) is 16.8 Å². The summed E-state index contributed by atoms with van der Waals surface area (Å²) in [4.78, 5) is 4.28. The van der Waals surface area contributed by atoms with Gasteiger partial charge >= 0.3 is 0 Å². The molecule has 0 saturated carbocycles. The average Bonchev–Trinajstić information content (AvgIpc) is 2.97. The molecule has 3 aromatic rings. The van der Waals surface area contributed by atoms with Crippen molar-refractivity contribution < 1.29 is 4.74 Å². The Morgan fingerprint density at radius 3 is 2.59 bits per heavy atom. The maximum atomic E-state index is 9.50. The van der Waals surface area contributed by atoms with E-state index in [2.05, 4.69) is 16.2 Å². The zero-order valence-corrected chi connectivity index (χ0v) is 11.8. The topological polar surface area (TPSA) is 87.0 Å². The van der Waals surface area contributed by atoms with Crippen LogP contribution in [-0.2, 0) is 6.42 Å². The molecule has 0 saturated heterocycles. The molecule has 6 nitrogen and oxygen atoms in total. The molecule has 0 atom stereocenters. The van der Waals surface area contributed by atoms with Crippen LogP contribution in [0.4, 0.5) is 0 Å². The lowest BCUT2D eigenvalue weighted by molar-refractivity contribution is 0.415. The molecule has 0 fully saturated rings. The first kappa shape index (κ1) is 13.6. The number of nitriles is 2. The molecule has 3 rings (SSSR count). The third-order valence-corrected chi connectivity index (χ3v) is 3.30. The number of ether oxygens (including phenoxy) is 1. The molecule has 0 aliphatic heterocycles. The Bertz CT molecular complexity index is 913. The summed E-state index contributed by atoms with van der Waals surface area (Å²) in [5.41, 5.74) is 2.56. The summed E-state index contributed by atoms with van der Waals surface area (Å²) in [6, 6.07) is 13.5. The van der Waals surface area contributed by atoms with Gasteiger partial charge in [0, 0.05) is 11.8 Å². The highest BCUT2D eigenvalue weighted by Gasteiger charge is 2.13. The molecule has 0 aliphatic carbocycles. The highest BCUT2D eigenvalue weighted by Crippen LogP contribution is 2.27. The van der Waals surface area contributed by atoms with Crippen molar-refractivity contribution in [1.82, 2.24) is 14.6 Å². The van der Waals surface area contributed by atoms with Gasteiger partial charge in [-0.2, -0.15) is 15.6 Å². The molecule has 22 heavy (non-hydrogen) atoms. The van der Waals surface area contributed by atoms with Crippen molar-refractivity contribution >= 4 is 5.65 Å². The zero-order valence-electron chi connectivity index (χ0n) is 11.8. The fourth-order valence-corrected chi connectivity index (χ4v) is 2.26. The standard InChI is InChI=1S/C16H11N5O/c1-22-12-4-2-11(3-5-12)13-7-9-21-16(14(13)10-18)19-15(20-21)6-8-17/h2-5,7,9H,6H2,1H3. The van der Waals surface area contributed by atoms with Crippen LogP contribution in [0.1, 0.15) is 11.4 Å². The molecule has 0 N–H and O–H groups in total. The van der Waals surface area contributed by atoms with Gasteiger partial charge in [-0.15, -0.1) is 0 Å². The van der Waals surface area contributed by atoms with Crippen LogP contribution in [0.2, 0.25) is 0 Å². The molecule has 0 amide bonds. The van der Waals surface area contributed by atoms with Gasteiger partial charge in [0.15, 0.2) is 11.5 Å². The molecular weight excluding hydrogens is 278 g/mol. The molecule has 2 aromatic heterocycles. The molecule has 0 bridgehead atoms. The first-order chi connectivity index (χ1) is 10.8. The zero-order chi connectivity index (χ0) is 15.5. The average molecular weight is 289 g/mol. The number of benzene rings is 1. The summed E-state index contributed by atoms with van der Waals surface area (Å²) in [6.07, 6.45) is 1.86. The summed E-state index contributed by atoms with van der Waals surface area (Å²) in [7, 11) is 1.61. The van der Waals surface area contributed by atoms with E-state index in [1.807, 2.05) is 36.4 Å². The predicted octanol–water partition coefficient (Wildman–Crippen LogP) is 2.34. The number of hydrogen-bond donors (Lipinski definition) is 0. The maximum Gasteiger partial charge on any atom is 0.173 e. The minimum absolute atomic E-state index is 0.115. The summed E-state index contributed by atoms with van der Waals surface area (Å²) in [5, 5.41) is 22.4. The van der Waals surface area contributed by atoms with Crippen molar-refractivity contribution in [2.24, 2.45) is 0 Å². The van der Waals surface area contributed by atoms with E-state index in [9.17, 15) is 5.26 Å². The van der Waals surface area contributed by atoms with Crippen molar-refractivity contribution in [2.45, 2.75) is 6.42 Å². The number of hydrogen-bond acceptors (Lipinski definition) is 5. The summed E-state index contributed by atoms with van der Waals surface area (Å²) < 4.78 is 6.67. The van der Waals surface area contributed by atoms with Gasteiger partial charge in [0.05, 0.1) is 19.6 Å². The Balaban J connectivity index is 2.17.